The molecule has 1 amide bonds. The molecule has 1 saturated heterocycles. The summed E-state index contributed by atoms with van der Waals surface area (Å²) in [4.78, 5) is 25.9. The van der Waals surface area contributed by atoms with E-state index in [1.807, 2.05) is 0 Å². The smallest absolute Gasteiger partial charge is 0.303 e. The van der Waals surface area contributed by atoms with Gasteiger partial charge < -0.3 is 15.3 Å². The number of carbonyl (C=O) groups excluding carboxylic acids is 1. The maximum Gasteiger partial charge on any atom is 0.303 e. The standard InChI is InChI=1S/C29H38N2O3/c1-22-6-5-20-31(22)21-17-23-9-11-24(12-10-23)25-13-15-26(16-14-25)29(18-2-3-19-29)30-27(32)7-4-8-28(33)34/h9-16,22H,2-8,17-21H2,1H3,(H,30,32)(H,33,34)/t22-/m1/s1. The van der Waals surface area contributed by atoms with E-state index in [4.69, 9.17) is 5.11 Å². The van der Waals surface area contributed by atoms with E-state index >= 15 is 0 Å². The zero-order valence-corrected chi connectivity index (χ0v) is 20.4. The minimum Gasteiger partial charge on any atom is -0.481 e. The van der Waals surface area contributed by atoms with Gasteiger partial charge in [0.05, 0.1) is 5.54 Å². The molecule has 5 heteroatoms. The molecule has 5 nitrogen and oxygen atoms in total. The maximum absolute atomic E-state index is 12.5. The van der Waals surface area contributed by atoms with Crippen LogP contribution in [-0.2, 0) is 21.5 Å². The summed E-state index contributed by atoms with van der Waals surface area (Å²) in [5, 5.41) is 12.1. The Balaban J connectivity index is 1.38. The molecule has 2 aromatic carbocycles. The van der Waals surface area contributed by atoms with Crippen LogP contribution in [0.1, 0.15) is 75.8 Å². The highest BCUT2D eigenvalue weighted by Gasteiger charge is 2.36. The van der Waals surface area contributed by atoms with Gasteiger partial charge in [-0.1, -0.05) is 61.4 Å². The van der Waals surface area contributed by atoms with Crippen molar-refractivity contribution in [2.24, 2.45) is 0 Å². The Morgan fingerprint density at radius 3 is 2.21 bits per heavy atom. The number of nitrogens with one attached hydrogen (secondary N) is 1. The van der Waals surface area contributed by atoms with E-state index in [0.29, 0.717) is 6.42 Å². The summed E-state index contributed by atoms with van der Waals surface area (Å²) in [5.74, 6) is -0.903. The Morgan fingerprint density at radius 1 is 0.971 bits per heavy atom. The van der Waals surface area contributed by atoms with Crippen molar-refractivity contribution in [2.45, 2.75) is 82.7 Å². The van der Waals surface area contributed by atoms with Crippen molar-refractivity contribution in [3.05, 3.63) is 59.7 Å². The van der Waals surface area contributed by atoms with Gasteiger partial charge >= 0.3 is 5.97 Å². The van der Waals surface area contributed by atoms with E-state index in [0.717, 1.165) is 50.3 Å². The molecule has 34 heavy (non-hydrogen) atoms. The van der Waals surface area contributed by atoms with Gasteiger partial charge in [0, 0.05) is 25.4 Å². The number of nitrogens with zero attached hydrogens (tertiary/aromatic N) is 1. The fraction of sp³-hybridized carbons (Fsp3) is 0.517. The number of amides is 1. The molecule has 1 aliphatic heterocycles. The van der Waals surface area contributed by atoms with Crippen LogP contribution in [0.25, 0.3) is 11.1 Å². The highest BCUT2D eigenvalue weighted by molar-refractivity contribution is 5.78. The zero-order valence-electron chi connectivity index (χ0n) is 20.4. The molecular formula is C29H38N2O3. The minimum atomic E-state index is -0.854. The summed E-state index contributed by atoms with van der Waals surface area (Å²) in [7, 11) is 0. The lowest BCUT2D eigenvalue weighted by atomic mass is 9.86. The first-order valence-corrected chi connectivity index (χ1v) is 12.9. The van der Waals surface area contributed by atoms with E-state index in [1.54, 1.807) is 0 Å². The number of carbonyl (C=O) groups is 2. The van der Waals surface area contributed by atoms with Crippen LogP contribution in [0.4, 0.5) is 0 Å². The maximum atomic E-state index is 12.5. The molecule has 1 atom stereocenters. The summed E-state index contributed by atoms with van der Waals surface area (Å²) >= 11 is 0. The molecule has 1 heterocycles. The van der Waals surface area contributed by atoms with Gasteiger partial charge in [-0.3, -0.25) is 9.59 Å². The molecule has 182 valence electrons. The number of hydrogen-bond donors (Lipinski definition) is 2. The Labute approximate surface area is 203 Å². The predicted molar refractivity (Wildman–Crippen MR) is 136 cm³/mol. The number of likely N-dealkylation sites (tertiary alicyclic amines) is 1. The molecule has 4 rings (SSSR count). The van der Waals surface area contributed by atoms with Gasteiger partial charge in [-0.05, 0) is 74.2 Å². The molecule has 2 N–H and O–H groups in total. The van der Waals surface area contributed by atoms with E-state index in [2.05, 4.69) is 65.7 Å². The monoisotopic (exact) mass is 462 g/mol. The van der Waals surface area contributed by atoms with Crippen molar-refractivity contribution in [2.75, 3.05) is 13.1 Å². The fourth-order valence-corrected chi connectivity index (χ4v) is 5.64. The number of hydrogen-bond acceptors (Lipinski definition) is 3. The summed E-state index contributed by atoms with van der Waals surface area (Å²) in [5.41, 5.74) is 4.61. The molecule has 0 unspecified atom stereocenters. The van der Waals surface area contributed by atoms with Gasteiger partial charge in [-0.2, -0.15) is 0 Å². The molecule has 2 aromatic rings. The molecular weight excluding hydrogens is 424 g/mol. The van der Waals surface area contributed by atoms with E-state index in [9.17, 15) is 9.59 Å². The first kappa shape index (κ1) is 24.5. The average molecular weight is 463 g/mol. The van der Waals surface area contributed by atoms with Gasteiger partial charge in [0.25, 0.3) is 0 Å². The van der Waals surface area contributed by atoms with Gasteiger partial charge in [-0.25, -0.2) is 0 Å². The first-order valence-electron chi connectivity index (χ1n) is 12.9. The van der Waals surface area contributed by atoms with Crippen LogP contribution in [0.2, 0.25) is 0 Å². The normalized spacial score (nSPS) is 19.9. The molecule has 0 bridgehead atoms. The van der Waals surface area contributed by atoms with E-state index < -0.39 is 5.97 Å². The molecule has 0 spiro atoms. The summed E-state index contributed by atoms with van der Waals surface area (Å²) in [6.07, 6.45) is 8.46. The Bertz CT molecular complexity index is 962. The molecule has 2 aliphatic rings. The third-order valence-electron chi connectivity index (χ3n) is 7.73. The van der Waals surface area contributed by atoms with Crippen LogP contribution in [0.15, 0.2) is 48.5 Å². The molecule has 0 radical (unpaired) electrons. The number of aliphatic carboxylic acids is 1. The van der Waals surface area contributed by atoms with E-state index in [1.165, 1.54) is 36.1 Å². The summed E-state index contributed by atoms with van der Waals surface area (Å²) in [6, 6.07) is 18.3. The lowest BCUT2D eigenvalue weighted by Gasteiger charge is -2.31. The highest BCUT2D eigenvalue weighted by atomic mass is 16.4. The number of carboxylic acid groups (broad SMARTS) is 1. The van der Waals surface area contributed by atoms with Crippen LogP contribution in [-0.4, -0.2) is 41.0 Å². The SMILES string of the molecule is C[C@@H]1CCCN1CCc1ccc(-c2ccc(C3(NC(=O)CCCC(=O)O)CCCC3)cc2)cc1. The number of carboxylic acids is 1. The third kappa shape index (κ3) is 6.06. The second kappa shape index (κ2) is 11.2. The highest BCUT2D eigenvalue weighted by Crippen LogP contribution is 2.39. The van der Waals surface area contributed by atoms with Gasteiger partial charge in [-0.15, -0.1) is 0 Å². The number of rotatable bonds is 10. The van der Waals surface area contributed by atoms with Crippen LogP contribution in [0.5, 0.6) is 0 Å². The third-order valence-corrected chi connectivity index (χ3v) is 7.73. The predicted octanol–water partition coefficient (Wildman–Crippen LogP) is 5.52. The average Bonchev–Trinajstić information content (AvgIpc) is 3.47. The molecule has 1 saturated carbocycles. The molecule has 1 aliphatic carbocycles. The molecule has 2 fully saturated rings. The fourth-order valence-electron chi connectivity index (χ4n) is 5.64. The van der Waals surface area contributed by atoms with Crippen molar-refractivity contribution in [1.82, 2.24) is 10.2 Å². The topological polar surface area (TPSA) is 69.6 Å². The van der Waals surface area contributed by atoms with Crippen molar-refractivity contribution in [3.8, 4) is 11.1 Å². The Kier molecular flexibility index (Phi) is 8.04. The second-order valence-electron chi connectivity index (χ2n) is 10.1. The summed E-state index contributed by atoms with van der Waals surface area (Å²) < 4.78 is 0. The largest absolute Gasteiger partial charge is 0.481 e. The van der Waals surface area contributed by atoms with Crippen LogP contribution in [0, 0.1) is 0 Å². The Hall–Kier alpha value is -2.66. The number of benzene rings is 2. The zero-order chi connectivity index (χ0) is 24.0. The van der Waals surface area contributed by atoms with Gasteiger partial charge in [0.2, 0.25) is 5.91 Å². The van der Waals surface area contributed by atoms with Crippen LogP contribution >= 0.6 is 0 Å². The Morgan fingerprint density at radius 2 is 1.62 bits per heavy atom. The van der Waals surface area contributed by atoms with Crippen molar-refractivity contribution >= 4 is 11.9 Å². The minimum absolute atomic E-state index is 0.0330. The molecule has 0 aromatic heterocycles. The lowest BCUT2D eigenvalue weighted by Crippen LogP contribution is -2.43. The quantitative estimate of drug-likeness (QED) is 0.488. The lowest BCUT2D eigenvalue weighted by molar-refractivity contribution is -0.137. The van der Waals surface area contributed by atoms with Gasteiger partial charge in [0.1, 0.15) is 0 Å². The van der Waals surface area contributed by atoms with Crippen LogP contribution in [0.3, 0.4) is 0 Å². The second-order valence-corrected chi connectivity index (χ2v) is 10.1. The van der Waals surface area contributed by atoms with Crippen molar-refractivity contribution < 1.29 is 14.7 Å². The van der Waals surface area contributed by atoms with Crippen molar-refractivity contribution in [3.63, 3.8) is 0 Å². The van der Waals surface area contributed by atoms with E-state index in [-0.39, 0.29) is 24.3 Å². The summed E-state index contributed by atoms with van der Waals surface area (Å²) in [6.45, 7) is 4.70. The first-order chi connectivity index (χ1) is 16.4. The van der Waals surface area contributed by atoms with Crippen LogP contribution < -0.4 is 5.32 Å². The van der Waals surface area contributed by atoms with Gasteiger partial charge in [0.15, 0.2) is 0 Å². The van der Waals surface area contributed by atoms with Crippen molar-refractivity contribution in [1.29, 1.82) is 0 Å².